The molecule has 0 saturated carbocycles. The Morgan fingerprint density at radius 3 is 2.72 bits per heavy atom. The molecule has 0 fully saturated rings. The van der Waals surface area contributed by atoms with Crippen molar-refractivity contribution in [3.05, 3.63) is 59.5 Å². The van der Waals surface area contributed by atoms with Crippen LogP contribution in [0.1, 0.15) is 5.56 Å². The third-order valence-corrected chi connectivity index (χ3v) is 2.29. The smallest absolute Gasteiger partial charge is 0.249 e. The fourth-order valence-electron chi connectivity index (χ4n) is 1.31. The van der Waals surface area contributed by atoms with Crippen molar-refractivity contribution in [3.8, 4) is 0 Å². The molecule has 1 aromatic heterocycles. The lowest BCUT2D eigenvalue weighted by atomic mass is 10.2. The van der Waals surface area contributed by atoms with E-state index in [1.54, 1.807) is 12.1 Å². The lowest BCUT2D eigenvalue weighted by molar-refractivity contribution is -0.111. The van der Waals surface area contributed by atoms with E-state index in [4.69, 9.17) is 11.6 Å². The van der Waals surface area contributed by atoms with E-state index >= 15 is 0 Å². The highest BCUT2D eigenvalue weighted by Crippen LogP contribution is 2.06. The fraction of sp³-hybridized carbons (Fsp3) is 0. The second-order valence-corrected chi connectivity index (χ2v) is 3.78. The van der Waals surface area contributed by atoms with Crippen molar-refractivity contribution in [2.24, 2.45) is 0 Å². The number of amides is 1. The van der Waals surface area contributed by atoms with Crippen LogP contribution in [0.5, 0.6) is 0 Å². The van der Waals surface area contributed by atoms with Crippen molar-refractivity contribution in [1.29, 1.82) is 0 Å². The van der Waals surface area contributed by atoms with Crippen molar-refractivity contribution in [3.63, 3.8) is 0 Å². The molecule has 1 heterocycles. The molecular formula is C13H10ClN3O. The quantitative estimate of drug-likeness (QED) is 0.681. The molecule has 0 radical (unpaired) electrons. The predicted octanol–water partition coefficient (Wildman–Crippen LogP) is 2.78. The van der Waals surface area contributed by atoms with Crippen LogP contribution in [-0.2, 0) is 4.79 Å². The van der Waals surface area contributed by atoms with Gasteiger partial charge in [0.1, 0.15) is 5.82 Å². The first-order chi connectivity index (χ1) is 8.74. The Morgan fingerprint density at radius 1 is 1.22 bits per heavy atom. The molecule has 1 amide bonds. The molecule has 0 saturated heterocycles. The van der Waals surface area contributed by atoms with E-state index in [0.29, 0.717) is 5.82 Å². The number of benzene rings is 1. The van der Waals surface area contributed by atoms with Crippen LogP contribution in [0.15, 0.2) is 48.7 Å². The Morgan fingerprint density at radius 2 is 2.00 bits per heavy atom. The van der Waals surface area contributed by atoms with Crippen molar-refractivity contribution in [2.45, 2.75) is 0 Å². The molecule has 4 nitrogen and oxygen atoms in total. The van der Waals surface area contributed by atoms with Crippen LogP contribution in [0.25, 0.3) is 6.08 Å². The Kier molecular flexibility index (Phi) is 4.04. The molecule has 0 spiro atoms. The summed E-state index contributed by atoms with van der Waals surface area (Å²) in [6, 6.07) is 11.1. The number of carbonyl (C=O) groups is 1. The molecule has 0 aliphatic carbocycles. The summed E-state index contributed by atoms with van der Waals surface area (Å²) in [4.78, 5) is 19.2. The SMILES string of the molecule is O=C(/C=C/c1ccccc1)Nc1ccnc(Cl)n1. The van der Waals surface area contributed by atoms with E-state index < -0.39 is 0 Å². The Bertz CT molecular complexity index is 569. The van der Waals surface area contributed by atoms with E-state index in [9.17, 15) is 4.79 Å². The van der Waals surface area contributed by atoms with Gasteiger partial charge in [0.15, 0.2) is 0 Å². The van der Waals surface area contributed by atoms with Gasteiger partial charge in [-0.2, -0.15) is 0 Å². The number of anilines is 1. The molecule has 1 N–H and O–H groups in total. The summed E-state index contributed by atoms with van der Waals surface area (Å²) in [5.74, 6) is 0.103. The average molecular weight is 260 g/mol. The highest BCUT2D eigenvalue weighted by atomic mass is 35.5. The normalized spacial score (nSPS) is 10.5. The minimum absolute atomic E-state index is 0.0971. The van der Waals surface area contributed by atoms with Gasteiger partial charge in [-0.1, -0.05) is 30.3 Å². The van der Waals surface area contributed by atoms with Gasteiger partial charge in [-0.25, -0.2) is 9.97 Å². The maximum Gasteiger partial charge on any atom is 0.249 e. The second kappa shape index (κ2) is 5.93. The lowest BCUT2D eigenvalue weighted by Crippen LogP contribution is -2.09. The van der Waals surface area contributed by atoms with Crippen LogP contribution >= 0.6 is 11.6 Å². The zero-order chi connectivity index (χ0) is 12.8. The number of rotatable bonds is 3. The molecule has 18 heavy (non-hydrogen) atoms. The van der Waals surface area contributed by atoms with Gasteiger partial charge in [0, 0.05) is 12.3 Å². The summed E-state index contributed by atoms with van der Waals surface area (Å²) >= 11 is 5.61. The second-order valence-electron chi connectivity index (χ2n) is 3.44. The van der Waals surface area contributed by atoms with Crippen LogP contribution in [0.3, 0.4) is 0 Å². The van der Waals surface area contributed by atoms with Gasteiger partial charge in [0.05, 0.1) is 0 Å². The molecule has 5 heteroatoms. The number of halogens is 1. The van der Waals surface area contributed by atoms with E-state index in [0.717, 1.165) is 5.56 Å². The molecule has 0 aliphatic rings. The van der Waals surface area contributed by atoms with Crippen LogP contribution in [0.4, 0.5) is 5.82 Å². The first-order valence-corrected chi connectivity index (χ1v) is 5.64. The average Bonchev–Trinajstić information content (AvgIpc) is 2.38. The molecule has 2 rings (SSSR count). The molecule has 2 aromatic rings. The molecule has 1 aromatic carbocycles. The van der Waals surface area contributed by atoms with Crippen molar-refractivity contribution in [2.75, 3.05) is 5.32 Å². The highest BCUT2D eigenvalue weighted by molar-refractivity contribution is 6.28. The van der Waals surface area contributed by atoms with Gasteiger partial charge in [0.2, 0.25) is 11.2 Å². The summed E-state index contributed by atoms with van der Waals surface area (Å²) in [5.41, 5.74) is 0.952. The molecular weight excluding hydrogens is 250 g/mol. The molecule has 90 valence electrons. The van der Waals surface area contributed by atoms with Gasteiger partial charge in [-0.3, -0.25) is 4.79 Å². The minimum atomic E-state index is -0.270. The third kappa shape index (κ3) is 3.68. The predicted molar refractivity (Wildman–Crippen MR) is 71.1 cm³/mol. The molecule has 0 unspecified atom stereocenters. The molecule has 0 aliphatic heterocycles. The van der Waals surface area contributed by atoms with Crippen molar-refractivity contribution in [1.82, 2.24) is 9.97 Å². The van der Waals surface area contributed by atoms with Gasteiger partial charge in [-0.15, -0.1) is 0 Å². The first-order valence-electron chi connectivity index (χ1n) is 5.27. The Hall–Kier alpha value is -2.20. The standard InChI is InChI=1S/C13H10ClN3O/c14-13-15-9-8-11(17-13)16-12(18)7-6-10-4-2-1-3-5-10/h1-9H,(H,15,16,17,18)/b7-6+. The van der Waals surface area contributed by atoms with Crippen molar-refractivity contribution < 1.29 is 4.79 Å². The minimum Gasteiger partial charge on any atom is -0.307 e. The monoisotopic (exact) mass is 259 g/mol. The van der Waals surface area contributed by atoms with Crippen LogP contribution < -0.4 is 5.32 Å². The zero-order valence-corrected chi connectivity index (χ0v) is 10.1. The fourth-order valence-corrected chi connectivity index (χ4v) is 1.46. The van der Waals surface area contributed by atoms with Gasteiger partial charge in [0.25, 0.3) is 0 Å². The van der Waals surface area contributed by atoms with E-state index in [1.807, 2.05) is 30.3 Å². The van der Waals surface area contributed by atoms with E-state index in [-0.39, 0.29) is 11.2 Å². The van der Waals surface area contributed by atoms with Gasteiger partial charge < -0.3 is 5.32 Å². The largest absolute Gasteiger partial charge is 0.307 e. The summed E-state index contributed by atoms with van der Waals surface area (Å²) in [7, 11) is 0. The van der Waals surface area contributed by atoms with Crippen LogP contribution in [-0.4, -0.2) is 15.9 Å². The van der Waals surface area contributed by atoms with E-state index in [2.05, 4.69) is 15.3 Å². The number of nitrogens with one attached hydrogen (secondary N) is 1. The third-order valence-electron chi connectivity index (χ3n) is 2.10. The number of hydrogen-bond donors (Lipinski definition) is 1. The van der Waals surface area contributed by atoms with Gasteiger partial charge >= 0.3 is 0 Å². The summed E-state index contributed by atoms with van der Waals surface area (Å²) in [5, 5.41) is 2.69. The number of nitrogens with zero attached hydrogens (tertiary/aromatic N) is 2. The Balaban J connectivity index is 1.99. The maximum atomic E-state index is 11.6. The highest BCUT2D eigenvalue weighted by Gasteiger charge is 1.99. The number of carbonyl (C=O) groups excluding carboxylic acids is 1. The molecule has 0 bridgehead atoms. The maximum absolute atomic E-state index is 11.6. The summed E-state index contributed by atoms with van der Waals surface area (Å²) in [6.07, 6.45) is 4.63. The lowest BCUT2D eigenvalue weighted by Gasteiger charge is -2.00. The first kappa shape index (κ1) is 12.3. The number of aromatic nitrogens is 2. The van der Waals surface area contributed by atoms with Crippen molar-refractivity contribution >= 4 is 29.4 Å². The Labute approximate surface area is 109 Å². The number of hydrogen-bond acceptors (Lipinski definition) is 3. The summed E-state index contributed by atoms with van der Waals surface area (Å²) < 4.78 is 0. The molecule has 0 atom stereocenters. The topological polar surface area (TPSA) is 54.9 Å². The zero-order valence-electron chi connectivity index (χ0n) is 9.38. The van der Waals surface area contributed by atoms with Gasteiger partial charge in [-0.05, 0) is 29.3 Å². The van der Waals surface area contributed by atoms with Crippen LogP contribution in [0.2, 0.25) is 5.28 Å². The summed E-state index contributed by atoms with van der Waals surface area (Å²) in [6.45, 7) is 0. The van der Waals surface area contributed by atoms with Crippen LogP contribution in [0, 0.1) is 0 Å². The van der Waals surface area contributed by atoms with E-state index in [1.165, 1.54) is 12.3 Å².